The van der Waals surface area contributed by atoms with E-state index in [1.807, 2.05) is 0 Å². The quantitative estimate of drug-likeness (QED) is 0.448. The molecule has 0 bridgehead atoms. The van der Waals surface area contributed by atoms with Gasteiger partial charge in [0.1, 0.15) is 0 Å². The molecule has 0 aliphatic heterocycles. The molecule has 9 N–H and O–H groups in total. The number of rotatable bonds is 0. The summed E-state index contributed by atoms with van der Waals surface area (Å²) in [5.74, 6) is 0. The molecule has 0 aliphatic rings. The monoisotopic (exact) mass is 314 g/mol. The smallest absolute Gasteiger partial charge is 0.873 e. The van der Waals surface area contributed by atoms with Crippen LogP contribution in [0.5, 0.6) is 0 Å². The van der Waals surface area contributed by atoms with Crippen molar-refractivity contribution in [3.05, 3.63) is 0 Å². The average Bonchev–Trinajstić information content (AvgIpc) is 0. The van der Waals surface area contributed by atoms with E-state index in [1.165, 1.54) is 0 Å². The van der Waals surface area contributed by atoms with Gasteiger partial charge in [-0.25, -0.2) is 0 Å². The molecule has 0 amide bonds. The van der Waals surface area contributed by atoms with E-state index in [2.05, 4.69) is 0 Å². The Morgan fingerprint density at radius 3 is 0.429 bits per heavy atom. The summed E-state index contributed by atoms with van der Waals surface area (Å²) in [4.78, 5) is 0. The van der Waals surface area contributed by atoms with Gasteiger partial charge in [0.05, 0.1) is 0 Å². The molecule has 0 aliphatic carbocycles. The average molecular weight is 314 g/mol. The van der Waals surface area contributed by atoms with Crippen molar-refractivity contribution in [1.29, 1.82) is 0 Å². The molecule has 0 saturated heterocycles. The van der Waals surface area contributed by atoms with Crippen molar-refractivity contribution in [3.63, 3.8) is 0 Å². The number of hydrogen-bond donors (Lipinski definition) is 0. The molecular weight excluding hydrogens is 305 g/mol. The van der Waals surface area contributed by atoms with Crippen LogP contribution in [0, 0.1) is 0 Å². The van der Waals surface area contributed by atoms with Crippen molar-refractivity contribution >= 4 is 26.2 Å². The van der Waals surface area contributed by atoms with Crippen LogP contribution < -0.4 is 0 Å². The fraction of sp³-hybridized carbons (Fsp3) is 0. The molecule has 6 nitrogen and oxygen atoms in total. The Labute approximate surface area is 59.5 Å². The summed E-state index contributed by atoms with van der Waals surface area (Å²) >= 11 is 0. The third kappa shape index (κ3) is 346. The second-order valence-corrected chi connectivity index (χ2v) is 0. The largest absolute Gasteiger partial charge is 3.00 e. The van der Waals surface area contributed by atoms with Gasteiger partial charge in [0.2, 0.25) is 0 Å². The van der Waals surface area contributed by atoms with Gasteiger partial charge in [-0.05, 0) is 0 Å². The minimum absolute atomic E-state index is 0. The maximum atomic E-state index is 0. The van der Waals surface area contributed by atoms with E-state index in [0.29, 0.717) is 0 Å². The van der Waals surface area contributed by atoms with Crippen LogP contribution in [0.3, 0.4) is 0 Å². The molecule has 7 heteroatoms. The van der Waals surface area contributed by atoms with Crippen molar-refractivity contribution < 1.29 is 32.9 Å². The van der Waals surface area contributed by atoms with Crippen molar-refractivity contribution in [2.75, 3.05) is 0 Å². The van der Waals surface area contributed by atoms with E-state index < -0.39 is 0 Å². The normalized spacial score (nSPS) is 0. The van der Waals surface area contributed by atoms with Gasteiger partial charge in [-0.1, -0.05) is 0 Å². The molecule has 7 heavy (non-hydrogen) atoms. The van der Waals surface area contributed by atoms with Crippen LogP contribution in [0.15, 0.2) is 0 Å². The minimum atomic E-state index is 0. The van der Waals surface area contributed by atoms with Gasteiger partial charge in [0.25, 0.3) is 0 Å². The van der Waals surface area contributed by atoms with E-state index in [4.69, 9.17) is 0 Å². The standard InChI is InChI=1S/Bi.H4O.5H2O/h;1H4;5*1H2/q+3;+2;;;;;/p-5. The second-order valence-electron chi connectivity index (χ2n) is 0. The SMILES string of the molecule is [Bi+3].[OH-].[OH-].[OH-].[OH-].[OH-].[OH4+2]. The van der Waals surface area contributed by atoms with E-state index in [9.17, 15) is 0 Å². The van der Waals surface area contributed by atoms with Crippen LogP contribution in [0.4, 0.5) is 0 Å². The van der Waals surface area contributed by atoms with Crippen molar-refractivity contribution in [2.45, 2.75) is 0 Å². The molecule has 0 fully saturated rings. The van der Waals surface area contributed by atoms with Crippen molar-refractivity contribution in [3.8, 4) is 0 Å². The summed E-state index contributed by atoms with van der Waals surface area (Å²) in [6, 6.07) is 0. The Balaban J connectivity index is 0. The van der Waals surface area contributed by atoms with Crippen LogP contribution in [0.1, 0.15) is 0 Å². The minimum Gasteiger partial charge on any atom is -0.873 e. The molecule has 0 spiro atoms. The van der Waals surface area contributed by atoms with Gasteiger partial charge in [-0.15, -0.1) is 0 Å². The van der Waals surface area contributed by atoms with E-state index in [0.717, 1.165) is 0 Å². The summed E-state index contributed by atoms with van der Waals surface area (Å²) in [6.07, 6.45) is 0. The van der Waals surface area contributed by atoms with Crippen LogP contribution in [0.25, 0.3) is 0 Å². The predicted octanol–water partition coefficient (Wildman–Crippen LogP) is -2.45. The fourth-order valence-corrected chi connectivity index (χ4v) is 0. The van der Waals surface area contributed by atoms with Crippen LogP contribution >= 0.6 is 0 Å². The Bertz CT molecular complexity index is 4.14. The molecule has 0 atom stereocenters. The summed E-state index contributed by atoms with van der Waals surface area (Å²) < 4.78 is 0. The first-order valence-electron chi connectivity index (χ1n) is 0. The summed E-state index contributed by atoms with van der Waals surface area (Å²) in [5.41, 5.74) is 0. The van der Waals surface area contributed by atoms with Gasteiger partial charge >= 0.3 is 26.2 Å². The molecule has 0 heterocycles. The second kappa shape index (κ2) is 511. The van der Waals surface area contributed by atoms with Crippen LogP contribution in [-0.2, 0) is 5.48 Å². The molecule has 2 radical (unpaired) electrons. The van der Waals surface area contributed by atoms with E-state index in [-0.39, 0.29) is 59.1 Å². The third-order valence-electron chi connectivity index (χ3n) is 0. The first kappa shape index (κ1) is 816. The first-order valence-corrected chi connectivity index (χ1v) is 0. The van der Waals surface area contributed by atoms with E-state index >= 15 is 0 Å². The molecule has 0 rings (SSSR count). The maximum absolute atomic E-state index is 0. The Hall–Kier alpha value is 0.643. The van der Waals surface area contributed by atoms with E-state index in [1.54, 1.807) is 0 Å². The first-order chi connectivity index (χ1) is 0. The topological polar surface area (TPSA) is 184 Å². The van der Waals surface area contributed by atoms with Crippen LogP contribution in [-0.4, -0.2) is 53.6 Å². The van der Waals surface area contributed by atoms with Crippen molar-refractivity contribution in [2.24, 2.45) is 0 Å². The summed E-state index contributed by atoms with van der Waals surface area (Å²) in [7, 11) is 0. The molecule has 0 aromatic rings. The maximum Gasteiger partial charge on any atom is 3.00 e. The zero-order valence-corrected chi connectivity index (χ0v) is 6.87. The molecule has 0 unspecified atom stereocenters. The fourth-order valence-electron chi connectivity index (χ4n) is 0. The molecule has 0 aromatic heterocycles. The zero-order chi connectivity index (χ0) is 0. The summed E-state index contributed by atoms with van der Waals surface area (Å²) in [6.45, 7) is 0. The van der Waals surface area contributed by atoms with Crippen LogP contribution in [0.2, 0.25) is 0 Å². The Kier molecular flexibility index (Phi) is 59600. The molecule has 50 valence electrons. The summed E-state index contributed by atoms with van der Waals surface area (Å²) in [5, 5.41) is 0. The van der Waals surface area contributed by atoms with Gasteiger partial charge in [0.15, 0.2) is 0 Å². The zero-order valence-electron chi connectivity index (χ0n) is 3.39. The van der Waals surface area contributed by atoms with Gasteiger partial charge in [-0.3, -0.25) is 0 Å². The third-order valence-corrected chi connectivity index (χ3v) is 0. The molecule has 0 aromatic carbocycles. The predicted molar refractivity (Wildman–Crippen MR) is 21.7 cm³/mol. The van der Waals surface area contributed by atoms with Gasteiger partial charge < -0.3 is 32.9 Å². The Morgan fingerprint density at radius 1 is 0.429 bits per heavy atom. The van der Waals surface area contributed by atoms with Gasteiger partial charge in [0, 0.05) is 0 Å². The van der Waals surface area contributed by atoms with Crippen molar-refractivity contribution in [1.82, 2.24) is 0 Å². The Morgan fingerprint density at radius 2 is 0.429 bits per heavy atom. The molecular formula is H9BiO6. The molecule has 0 saturated carbocycles. The van der Waals surface area contributed by atoms with Gasteiger partial charge in [-0.2, -0.15) is 0 Å². The number of hydrogen-bond acceptors (Lipinski definition) is 5.